The van der Waals surface area contributed by atoms with E-state index in [9.17, 15) is 4.79 Å². The van der Waals surface area contributed by atoms with E-state index in [1.54, 1.807) is 0 Å². The van der Waals surface area contributed by atoms with Crippen molar-refractivity contribution in [1.29, 1.82) is 0 Å². The van der Waals surface area contributed by atoms with Crippen molar-refractivity contribution in [2.45, 2.75) is 39.7 Å². The standard InChI is InChI=1S/C11H21NO2/c1-5-8-10(4)12(7-3)9-14-11(13)6-2/h6,10H,2,5,7-9H2,1,3-4H3. The van der Waals surface area contributed by atoms with Crippen molar-refractivity contribution in [3.05, 3.63) is 12.7 Å². The molecule has 82 valence electrons. The van der Waals surface area contributed by atoms with Crippen molar-refractivity contribution in [3.8, 4) is 0 Å². The van der Waals surface area contributed by atoms with Crippen molar-refractivity contribution in [2.24, 2.45) is 0 Å². The van der Waals surface area contributed by atoms with Gasteiger partial charge in [-0.3, -0.25) is 4.90 Å². The van der Waals surface area contributed by atoms with Gasteiger partial charge in [-0.2, -0.15) is 0 Å². The van der Waals surface area contributed by atoms with Crippen molar-refractivity contribution in [3.63, 3.8) is 0 Å². The van der Waals surface area contributed by atoms with Crippen LogP contribution in [0.5, 0.6) is 0 Å². The van der Waals surface area contributed by atoms with Crippen LogP contribution in [-0.4, -0.2) is 30.2 Å². The minimum absolute atomic E-state index is 0.354. The van der Waals surface area contributed by atoms with Gasteiger partial charge in [0.2, 0.25) is 0 Å². The van der Waals surface area contributed by atoms with Gasteiger partial charge in [0.25, 0.3) is 0 Å². The van der Waals surface area contributed by atoms with Gasteiger partial charge in [-0.1, -0.05) is 26.8 Å². The van der Waals surface area contributed by atoms with Gasteiger partial charge in [0, 0.05) is 12.1 Å². The fourth-order valence-corrected chi connectivity index (χ4v) is 1.34. The molecule has 0 aromatic rings. The summed E-state index contributed by atoms with van der Waals surface area (Å²) in [4.78, 5) is 13.0. The maximum absolute atomic E-state index is 10.8. The van der Waals surface area contributed by atoms with Crippen LogP contribution in [0.3, 0.4) is 0 Å². The lowest BCUT2D eigenvalue weighted by molar-refractivity contribution is -0.143. The van der Waals surface area contributed by atoms with E-state index in [2.05, 4.69) is 32.3 Å². The highest BCUT2D eigenvalue weighted by Gasteiger charge is 2.11. The van der Waals surface area contributed by atoms with E-state index in [4.69, 9.17) is 4.74 Å². The summed E-state index contributed by atoms with van der Waals surface area (Å²) in [6.07, 6.45) is 3.46. The first kappa shape index (κ1) is 13.2. The monoisotopic (exact) mass is 199 g/mol. The van der Waals surface area contributed by atoms with E-state index in [1.807, 2.05) is 0 Å². The second kappa shape index (κ2) is 7.56. The summed E-state index contributed by atoms with van der Waals surface area (Å²) in [6.45, 7) is 11.0. The van der Waals surface area contributed by atoms with E-state index in [1.165, 1.54) is 6.08 Å². The number of carbonyl (C=O) groups excluding carboxylic acids is 1. The van der Waals surface area contributed by atoms with Gasteiger partial charge < -0.3 is 4.74 Å². The summed E-state index contributed by atoms with van der Waals surface area (Å²) < 4.78 is 4.98. The summed E-state index contributed by atoms with van der Waals surface area (Å²) in [5.74, 6) is -0.354. The Labute approximate surface area is 86.7 Å². The van der Waals surface area contributed by atoms with Gasteiger partial charge in [0.15, 0.2) is 0 Å². The van der Waals surface area contributed by atoms with Gasteiger partial charge in [-0.25, -0.2) is 4.79 Å². The van der Waals surface area contributed by atoms with Crippen LogP contribution in [0.1, 0.15) is 33.6 Å². The lowest BCUT2D eigenvalue weighted by atomic mass is 10.2. The summed E-state index contributed by atoms with van der Waals surface area (Å²) in [5, 5.41) is 0. The molecular formula is C11H21NO2. The van der Waals surface area contributed by atoms with Crippen LogP contribution in [0, 0.1) is 0 Å². The quantitative estimate of drug-likeness (QED) is 0.357. The highest BCUT2D eigenvalue weighted by Crippen LogP contribution is 2.05. The molecule has 0 aliphatic heterocycles. The number of ether oxygens (including phenoxy) is 1. The molecule has 0 heterocycles. The molecule has 0 radical (unpaired) electrons. The van der Waals surface area contributed by atoms with Crippen molar-refractivity contribution in [1.82, 2.24) is 4.90 Å². The van der Waals surface area contributed by atoms with E-state index in [0.29, 0.717) is 12.8 Å². The Morgan fingerprint density at radius 2 is 2.21 bits per heavy atom. The Morgan fingerprint density at radius 3 is 2.64 bits per heavy atom. The zero-order valence-electron chi connectivity index (χ0n) is 9.45. The smallest absolute Gasteiger partial charge is 0.331 e. The fourth-order valence-electron chi connectivity index (χ4n) is 1.34. The number of nitrogens with zero attached hydrogens (tertiary/aromatic N) is 1. The molecule has 1 atom stereocenters. The molecule has 0 aliphatic carbocycles. The zero-order chi connectivity index (χ0) is 11.0. The fraction of sp³-hybridized carbons (Fsp3) is 0.727. The molecule has 0 aromatic heterocycles. The highest BCUT2D eigenvalue weighted by atomic mass is 16.5. The van der Waals surface area contributed by atoms with Crippen LogP contribution in [0.25, 0.3) is 0 Å². The van der Waals surface area contributed by atoms with Gasteiger partial charge >= 0.3 is 5.97 Å². The average molecular weight is 199 g/mol. The predicted octanol–water partition coefficient (Wildman–Crippen LogP) is 2.18. The third kappa shape index (κ3) is 5.02. The molecule has 0 amide bonds. The van der Waals surface area contributed by atoms with Gasteiger partial charge in [0.05, 0.1) is 0 Å². The lowest BCUT2D eigenvalue weighted by Gasteiger charge is -2.26. The largest absolute Gasteiger partial charge is 0.446 e. The Kier molecular flexibility index (Phi) is 7.11. The molecule has 0 aromatic carbocycles. The Hall–Kier alpha value is -0.830. The van der Waals surface area contributed by atoms with Crippen molar-refractivity contribution >= 4 is 5.97 Å². The Balaban J connectivity index is 3.89. The molecule has 3 heteroatoms. The molecular weight excluding hydrogens is 178 g/mol. The Morgan fingerprint density at radius 1 is 1.57 bits per heavy atom. The van der Waals surface area contributed by atoms with Crippen LogP contribution in [0.15, 0.2) is 12.7 Å². The first-order chi connectivity index (χ1) is 6.65. The normalized spacial score (nSPS) is 12.6. The van der Waals surface area contributed by atoms with E-state index in [-0.39, 0.29) is 5.97 Å². The van der Waals surface area contributed by atoms with Crippen LogP contribution in [0.4, 0.5) is 0 Å². The summed E-state index contributed by atoms with van der Waals surface area (Å²) in [6, 6.07) is 0.461. The molecule has 0 N–H and O–H groups in total. The van der Waals surface area contributed by atoms with Gasteiger partial charge in [-0.05, 0) is 19.9 Å². The van der Waals surface area contributed by atoms with Gasteiger partial charge in [-0.15, -0.1) is 0 Å². The minimum atomic E-state index is -0.354. The molecule has 0 rings (SSSR count). The maximum atomic E-state index is 10.8. The highest BCUT2D eigenvalue weighted by molar-refractivity contribution is 5.81. The third-order valence-electron chi connectivity index (χ3n) is 2.28. The number of hydrogen-bond acceptors (Lipinski definition) is 3. The van der Waals surface area contributed by atoms with Crippen LogP contribution in [-0.2, 0) is 9.53 Å². The number of hydrogen-bond donors (Lipinski definition) is 0. The Bertz CT molecular complexity index is 180. The number of carbonyl (C=O) groups is 1. The summed E-state index contributed by atoms with van der Waals surface area (Å²) in [5.41, 5.74) is 0. The van der Waals surface area contributed by atoms with E-state index in [0.717, 1.165) is 19.4 Å². The minimum Gasteiger partial charge on any atom is -0.446 e. The van der Waals surface area contributed by atoms with Crippen molar-refractivity contribution in [2.75, 3.05) is 13.3 Å². The molecule has 1 unspecified atom stereocenters. The summed E-state index contributed by atoms with van der Waals surface area (Å²) in [7, 11) is 0. The molecule has 14 heavy (non-hydrogen) atoms. The molecule has 3 nitrogen and oxygen atoms in total. The number of esters is 1. The van der Waals surface area contributed by atoms with Crippen LogP contribution in [0.2, 0.25) is 0 Å². The first-order valence-electron chi connectivity index (χ1n) is 5.18. The molecule has 0 bridgehead atoms. The second-order valence-electron chi connectivity index (χ2n) is 3.34. The predicted molar refractivity (Wildman–Crippen MR) is 57.9 cm³/mol. The maximum Gasteiger partial charge on any atom is 0.331 e. The van der Waals surface area contributed by atoms with E-state index < -0.39 is 0 Å². The molecule has 0 fully saturated rings. The van der Waals surface area contributed by atoms with E-state index >= 15 is 0 Å². The van der Waals surface area contributed by atoms with Crippen LogP contribution >= 0.6 is 0 Å². The summed E-state index contributed by atoms with van der Waals surface area (Å²) >= 11 is 0. The molecule has 0 saturated carbocycles. The molecule has 0 saturated heterocycles. The van der Waals surface area contributed by atoms with Gasteiger partial charge in [0.1, 0.15) is 6.73 Å². The SMILES string of the molecule is C=CC(=O)OCN(CC)C(C)CCC. The third-order valence-corrected chi connectivity index (χ3v) is 2.28. The topological polar surface area (TPSA) is 29.5 Å². The molecule has 0 spiro atoms. The van der Waals surface area contributed by atoms with Crippen LogP contribution < -0.4 is 0 Å². The first-order valence-corrected chi connectivity index (χ1v) is 5.18. The zero-order valence-corrected chi connectivity index (χ0v) is 9.45. The number of rotatable bonds is 7. The van der Waals surface area contributed by atoms with Crippen molar-refractivity contribution < 1.29 is 9.53 Å². The molecule has 0 aliphatic rings. The second-order valence-corrected chi connectivity index (χ2v) is 3.34. The lowest BCUT2D eigenvalue weighted by Crippen LogP contribution is -2.35. The average Bonchev–Trinajstić information content (AvgIpc) is 2.18.